The molecule has 2 aromatic rings. The van der Waals surface area contributed by atoms with Crippen LogP contribution in [0, 0.1) is 11.8 Å². The topological polar surface area (TPSA) is 49.4 Å². The predicted molar refractivity (Wildman–Crippen MR) is 107 cm³/mol. The zero-order valence-corrected chi connectivity index (χ0v) is 16.1. The molecule has 0 spiro atoms. The molecule has 1 aliphatic heterocycles. The van der Waals surface area contributed by atoms with E-state index in [0.717, 1.165) is 25.1 Å². The van der Waals surface area contributed by atoms with Gasteiger partial charge in [0.25, 0.3) is 5.91 Å². The molecule has 0 bridgehead atoms. The Hall–Kier alpha value is -2.62. The van der Waals surface area contributed by atoms with E-state index in [1.807, 2.05) is 53.4 Å². The zero-order chi connectivity index (χ0) is 19.2. The van der Waals surface area contributed by atoms with Crippen molar-refractivity contribution in [3.8, 4) is 0 Å². The van der Waals surface area contributed by atoms with Crippen LogP contribution in [0.15, 0.2) is 60.7 Å². The molecule has 1 N–H and O–H groups in total. The van der Waals surface area contributed by atoms with Crippen molar-refractivity contribution in [2.75, 3.05) is 13.1 Å². The largest absolute Gasteiger partial charge is 0.345 e. The maximum absolute atomic E-state index is 13.0. The number of piperidine rings is 1. The molecule has 0 radical (unpaired) electrons. The number of nitrogens with zero attached hydrogens (tertiary/aromatic N) is 1. The summed E-state index contributed by atoms with van der Waals surface area (Å²) >= 11 is 0. The number of carbonyl (C=O) groups excluding carboxylic acids is 2. The maximum atomic E-state index is 13.0. The molecule has 142 valence electrons. The highest BCUT2D eigenvalue weighted by atomic mass is 16.2. The van der Waals surface area contributed by atoms with Crippen molar-refractivity contribution in [3.63, 3.8) is 0 Å². The van der Waals surface area contributed by atoms with Crippen molar-refractivity contribution in [2.45, 2.75) is 32.7 Å². The number of hydrogen-bond donors (Lipinski definition) is 1. The lowest BCUT2D eigenvalue weighted by atomic mass is 9.91. The summed E-state index contributed by atoms with van der Waals surface area (Å²) < 4.78 is 0. The third-order valence-electron chi connectivity index (χ3n) is 5.14. The van der Waals surface area contributed by atoms with Gasteiger partial charge in [-0.25, -0.2) is 0 Å². The Bertz CT molecular complexity index is 750. The highest BCUT2D eigenvalue weighted by molar-refractivity contribution is 5.94. The van der Waals surface area contributed by atoms with Crippen molar-refractivity contribution in [1.82, 2.24) is 10.2 Å². The molecule has 1 heterocycles. The molecule has 3 atom stereocenters. The Balaban J connectivity index is 1.74. The second-order valence-electron chi connectivity index (χ2n) is 7.75. The quantitative estimate of drug-likeness (QED) is 0.870. The molecule has 4 heteroatoms. The molecule has 0 aliphatic carbocycles. The number of likely N-dealkylation sites (tertiary alicyclic amines) is 1. The minimum absolute atomic E-state index is 0.107. The molecule has 0 aromatic heterocycles. The van der Waals surface area contributed by atoms with E-state index in [4.69, 9.17) is 0 Å². The van der Waals surface area contributed by atoms with Gasteiger partial charge in [0.05, 0.1) is 12.5 Å². The molecule has 0 saturated carbocycles. The van der Waals surface area contributed by atoms with Crippen LogP contribution in [-0.2, 0) is 4.79 Å². The van der Waals surface area contributed by atoms with Crippen LogP contribution >= 0.6 is 0 Å². The van der Waals surface area contributed by atoms with Gasteiger partial charge in [0.1, 0.15) is 0 Å². The van der Waals surface area contributed by atoms with E-state index < -0.39 is 0 Å². The summed E-state index contributed by atoms with van der Waals surface area (Å²) in [6.07, 6.45) is 1.44. The Morgan fingerprint density at radius 1 is 0.963 bits per heavy atom. The molecule has 0 unspecified atom stereocenters. The molecule has 1 saturated heterocycles. The second-order valence-corrected chi connectivity index (χ2v) is 7.75. The first-order chi connectivity index (χ1) is 13.0. The summed E-state index contributed by atoms with van der Waals surface area (Å²) in [6, 6.07) is 18.5. The fourth-order valence-corrected chi connectivity index (χ4v) is 3.94. The standard InChI is InChI=1S/C23H28N2O2/c1-17-13-18(2)16-25(15-17)22(26)14-21(19-9-5-3-6-10-19)24-23(27)20-11-7-4-8-12-20/h3-12,17-18,21H,13-16H2,1-2H3,(H,24,27)/t17-,18-,21+/m1/s1. The van der Waals surface area contributed by atoms with Crippen molar-refractivity contribution >= 4 is 11.8 Å². The van der Waals surface area contributed by atoms with Gasteiger partial charge in [0.2, 0.25) is 5.91 Å². The summed E-state index contributed by atoms with van der Waals surface area (Å²) in [4.78, 5) is 27.6. The molecule has 2 aromatic carbocycles. The predicted octanol–water partition coefficient (Wildman–Crippen LogP) is 4.05. The number of carbonyl (C=O) groups is 2. The van der Waals surface area contributed by atoms with Crippen LogP contribution in [0.25, 0.3) is 0 Å². The summed E-state index contributed by atoms with van der Waals surface area (Å²) in [5, 5.41) is 3.06. The van der Waals surface area contributed by atoms with Gasteiger partial charge >= 0.3 is 0 Å². The van der Waals surface area contributed by atoms with Gasteiger partial charge < -0.3 is 10.2 Å². The second kappa shape index (κ2) is 8.85. The first kappa shape index (κ1) is 19.2. The fourth-order valence-electron chi connectivity index (χ4n) is 3.94. The van der Waals surface area contributed by atoms with Crippen LogP contribution < -0.4 is 5.32 Å². The van der Waals surface area contributed by atoms with Gasteiger partial charge in [-0.3, -0.25) is 9.59 Å². The highest BCUT2D eigenvalue weighted by Gasteiger charge is 2.28. The van der Waals surface area contributed by atoms with E-state index >= 15 is 0 Å². The first-order valence-corrected chi connectivity index (χ1v) is 9.71. The monoisotopic (exact) mass is 364 g/mol. The summed E-state index contributed by atoms with van der Waals surface area (Å²) in [7, 11) is 0. The number of hydrogen-bond acceptors (Lipinski definition) is 2. The van der Waals surface area contributed by atoms with E-state index in [-0.39, 0.29) is 24.3 Å². The van der Waals surface area contributed by atoms with Crippen LogP contribution in [0.1, 0.15) is 48.7 Å². The summed E-state index contributed by atoms with van der Waals surface area (Å²) in [5.41, 5.74) is 1.55. The smallest absolute Gasteiger partial charge is 0.251 e. The number of nitrogens with one attached hydrogen (secondary N) is 1. The SMILES string of the molecule is C[C@@H]1C[C@@H](C)CN(C(=O)C[C@H](NC(=O)c2ccccc2)c2ccccc2)C1. The first-order valence-electron chi connectivity index (χ1n) is 9.71. The van der Waals surface area contributed by atoms with Crippen molar-refractivity contribution in [2.24, 2.45) is 11.8 Å². The minimum atomic E-state index is -0.334. The zero-order valence-electron chi connectivity index (χ0n) is 16.1. The minimum Gasteiger partial charge on any atom is -0.345 e. The molecule has 1 aliphatic rings. The Kier molecular flexibility index (Phi) is 6.28. The lowest BCUT2D eigenvalue weighted by molar-refractivity contribution is -0.134. The molecule has 27 heavy (non-hydrogen) atoms. The van der Waals surface area contributed by atoms with E-state index in [1.165, 1.54) is 0 Å². The third-order valence-corrected chi connectivity index (χ3v) is 5.14. The van der Waals surface area contributed by atoms with E-state index in [1.54, 1.807) is 12.1 Å². The maximum Gasteiger partial charge on any atom is 0.251 e. The van der Waals surface area contributed by atoms with E-state index in [9.17, 15) is 9.59 Å². The van der Waals surface area contributed by atoms with Crippen LogP contribution in [0.5, 0.6) is 0 Å². The summed E-state index contributed by atoms with van der Waals surface area (Å²) in [5.74, 6) is 0.992. The average Bonchev–Trinajstić information content (AvgIpc) is 2.68. The third kappa shape index (κ3) is 5.19. The molecule has 3 rings (SSSR count). The molecular formula is C23H28N2O2. The van der Waals surface area contributed by atoms with Gasteiger partial charge in [-0.1, -0.05) is 62.4 Å². The Morgan fingerprint density at radius 3 is 2.11 bits per heavy atom. The molecular weight excluding hydrogens is 336 g/mol. The van der Waals surface area contributed by atoms with Gasteiger partial charge in [-0.15, -0.1) is 0 Å². The molecule has 2 amide bonds. The van der Waals surface area contributed by atoms with Crippen molar-refractivity contribution in [1.29, 1.82) is 0 Å². The van der Waals surface area contributed by atoms with Crippen LogP contribution in [-0.4, -0.2) is 29.8 Å². The van der Waals surface area contributed by atoms with E-state index in [0.29, 0.717) is 17.4 Å². The summed E-state index contributed by atoms with van der Waals surface area (Å²) in [6.45, 7) is 6.00. The van der Waals surface area contributed by atoms with Crippen LogP contribution in [0.2, 0.25) is 0 Å². The van der Waals surface area contributed by atoms with Gasteiger partial charge in [0.15, 0.2) is 0 Å². The van der Waals surface area contributed by atoms with Gasteiger partial charge in [-0.05, 0) is 36.0 Å². The average molecular weight is 364 g/mol. The van der Waals surface area contributed by atoms with Crippen molar-refractivity contribution < 1.29 is 9.59 Å². The fraction of sp³-hybridized carbons (Fsp3) is 0.391. The van der Waals surface area contributed by atoms with Gasteiger partial charge in [-0.2, -0.15) is 0 Å². The van der Waals surface area contributed by atoms with E-state index in [2.05, 4.69) is 19.2 Å². The normalized spacial score (nSPS) is 20.7. The van der Waals surface area contributed by atoms with Crippen LogP contribution in [0.3, 0.4) is 0 Å². The lowest BCUT2D eigenvalue weighted by Crippen LogP contribution is -2.44. The van der Waals surface area contributed by atoms with Gasteiger partial charge in [0, 0.05) is 18.7 Å². The number of amides is 2. The number of benzene rings is 2. The molecule has 1 fully saturated rings. The Labute approximate surface area is 161 Å². The lowest BCUT2D eigenvalue weighted by Gasteiger charge is -2.36. The number of rotatable bonds is 5. The van der Waals surface area contributed by atoms with Crippen LogP contribution in [0.4, 0.5) is 0 Å². The Morgan fingerprint density at radius 2 is 1.52 bits per heavy atom. The van der Waals surface area contributed by atoms with Crippen molar-refractivity contribution in [3.05, 3.63) is 71.8 Å². The molecule has 4 nitrogen and oxygen atoms in total. The highest BCUT2D eigenvalue weighted by Crippen LogP contribution is 2.24.